The van der Waals surface area contributed by atoms with E-state index in [1.807, 2.05) is 18.4 Å². The lowest BCUT2D eigenvalue weighted by Crippen LogP contribution is -2.44. The van der Waals surface area contributed by atoms with Gasteiger partial charge in [-0.15, -0.1) is 0 Å². The maximum absolute atomic E-state index is 13.2. The highest BCUT2D eigenvalue weighted by Gasteiger charge is 2.35. The number of imidazole rings is 1. The molecule has 1 aromatic carbocycles. The van der Waals surface area contributed by atoms with E-state index >= 15 is 0 Å². The fourth-order valence-electron chi connectivity index (χ4n) is 3.84. The number of fused-ring (bicyclic) bond motifs is 1. The highest BCUT2D eigenvalue weighted by atomic mass is 19.1. The number of hydrogen-bond donors (Lipinski definition) is 0. The van der Waals surface area contributed by atoms with E-state index in [0.29, 0.717) is 50.8 Å². The molecule has 28 heavy (non-hydrogen) atoms. The summed E-state index contributed by atoms with van der Waals surface area (Å²) in [7, 11) is 0. The van der Waals surface area contributed by atoms with Crippen molar-refractivity contribution in [3.63, 3.8) is 0 Å². The van der Waals surface area contributed by atoms with Gasteiger partial charge >= 0.3 is 0 Å². The van der Waals surface area contributed by atoms with Crippen LogP contribution in [0.5, 0.6) is 0 Å². The molecule has 1 aromatic heterocycles. The van der Waals surface area contributed by atoms with E-state index in [2.05, 4.69) is 4.98 Å². The van der Waals surface area contributed by atoms with Crippen LogP contribution in [0.25, 0.3) is 0 Å². The SMILES string of the molecule is CCN1CCn2c(C)nc(C(=O)N3CCO[C@@H](c4ccc(F)cc4)C3)c2C1=O. The van der Waals surface area contributed by atoms with Crippen molar-refractivity contribution in [2.75, 3.05) is 32.8 Å². The van der Waals surface area contributed by atoms with E-state index in [4.69, 9.17) is 4.74 Å². The first-order valence-corrected chi connectivity index (χ1v) is 9.52. The molecule has 1 fully saturated rings. The molecular weight excluding hydrogens is 363 g/mol. The van der Waals surface area contributed by atoms with Crippen LogP contribution in [0, 0.1) is 12.7 Å². The number of benzene rings is 1. The van der Waals surface area contributed by atoms with Crippen molar-refractivity contribution in [1.29, 1.82) is 0 Å². The van der Waals surface area contributed by atoms with Crippen LogP contribution in [0.15, 0.2) is 24.3 Å². The van der Waals surface area contributed by atoms with Gasteiger partial charge in [-0.1, -0.05) is 12.1 Å². The molecular formula is C20H23FN4O3. The zero-order valence-electron chi connectivity index (χ0n) is 16.0. The first-order chi connectivity index (χ1) is 13.5. The zero-order chi connectivity index (χ0) is 19.8. The van der Waals surface area contributed by atoms with Crippen LogP contribution < -0.4 is 0 Å². The van der Waals surface area contributed by atoms with Crippen LogP contribution in [-0.4, -0.2) is 64.0 Å². The van der Waals surface area contributed by atoms with Crippen molar-refractivity contribution in [3.05, 3.63) is 52.9 Å². The van der Waals surface area contributed by atoms with Gasteiger partial charge in [0.15, 0.2) is 5.69 Å². The van der Waals surface area contributed by atoms with Gasteiger partial charge < -0.3 is 19.1 Å². The quantitative estimate of drug-likeness (QED) is 0.810. The van der Waals surface area contributed by atoms with E-state index in [1.165, 1.54) is 12.1 Å². The van der Waals surface area contributed by atoms with Crippen molar-refractivity contribution < 1.29 is 18.7 Å². The maximum atomic E-state index is 13.2. The molecule has 1 atom stereocenters. The van der Waals surface area contributed by atoms with Gasteiger partial charge in [-0.05, 0) is 31.5 Å². The van der Waals surface area contributed by atoms with Crippen LogP contribution in [0.2, 0.25) is 0 Å². The molecule has 0 aliphatic carbocycles. The number of aryl methyl sites for hydroxylation is 1. The summed E-state index contributed by atoms with van der Waals surface area (Å²) in [6.07, 6.45) is -0.333. The van der Waals surface area contributed by atoms with Gasteiger partial charge in [0, 0.05) is 26.2 Å². The van der Waals surface area contributed by atoms with Gasteiger partial charge in [-0.25, -0.2) is 9.37 Å². The predicted octanol–water partition coefficient (Wildman–Crippen LogP) is 2.02. The van der Waals surface area contributed by atoms with Crippen LogP contribution in [0.1, 0.15) is 45.4 Å². The Balaban J connectivity index is 1.60. The van der Waals surface area contributed by atoms with E-state index in [9.17, 15) is 14.0 Å². The number of likely N-dealkylation sites (N-methyl/N-ethyl adjacent to an activating group) is 1. The second kappa shape index (κ2) is 7.35. The van der Waals surface area contributed by atoms with Crippen LogP contribution in [-0.2, 0) is 11.3 Å². The minimum atomic E-state index is -0.333. The zero-order valence-corrected chi connectivity index (χ0v) is 16.0. The number of amides is 2. The molecule has 148 valence electrons. The molecule has 3 heterocycles. The summed E-state index contributed by atoms with van der Waals surface area (Å²) >= 11 is 0. The third-order valence-corrected chi connectivity index (χ3v) is 5.42. The molecule has 8 heteroatoms. The topological polar surface area (TPSA) is 67.7 Å². The third-order valence-electron chi connectivity index (χ3n) is 5.42. The van der Waals surface area contributed by atoms with Crippen LogP contribution in [0.3, 0.4) is 0 Å². The summed E-state index contributed by atoms with van der Waals surface area (Å²) in [4.78, 5) is 33.9. The van der Waals surface area contributed by atoms with E-state index < -0.39 is 0 Å². The molecule has 2 amide bonds. The van der Waals surface area contributed by atoms with E-state index in [0.717, 1.165) is 5.56 Å². The molecule has 2 aromatic rings. The largest absolute Gasteiger partial charge is 0.370 e. The average Bonchev–Trinajstić information content (AvgIpc) is 3.06. The summed E-state index contributed by atoms with van der Waals surface area (Å²) in [6.45, 7) is 6.73. The van der Waals surface area contributed by atoms with Gasteiger partial charge in [0.25, 0.3) is 11.8 Å². The minimum absolute atomic E-state index is 0.152. The predicted molar refractivity (Wildman–Crippen MR) is 99.5 cm³/mol. The molecule has 2 aliphatic heterocycles. The molecule has 0 spiro atoms. The number of carbonyl (C=O) groups excluding carboxylic acids is 2. The number of aromatic nitrogens is 2. The minimum Gasteiger partial charge on any atom is -0.370 e. The molecule has 0 saturated carbocycles. The third kappa shape index (κ3) is 3.17. The smallest absolute Gasteiger partial charge is 0.275 e. The van der Waals surface area contributed by atoms with Crippen molar-refractivity contribution >= 4 is 11.8 Å². The van der Waals surface area contributed by atoms with Gasteiger partial charge in [-0.2, -0.15) is 0 Å². The number of nitrogens with zero attached hydrogens (tertiary/aromatic N) is 4. The number of halogens is 1. The maximum Gasteiger partial charge on any atom is 0.275 e. The first kappa shape index (κ1) is 18.6. The number of ether oxygens (including phenoxy) is 1. The summed E-state index contributed by atoms with van der Waals surface area (Å²) in [5.41, 5.74) is 1.40. The van der Waals surface area contributed by atoms with E-state index in [1.54, 1.807) is 21.9 Å². The molecule has 0 bridgehead atoms. The van der Waals surface area contributed by atoms with Crippen LogP contribution in [0.4, 0.5) is 4.39 Å². The Hall–Kier alpha value is -2.74. The highest BCUT2D eigenvalue weighted by Crippen LogP contribution is 2.25. The molecule has 0 radical (unpaired) electrons. The highest BCUT2D eigenvalue weighted by molar-refractivity contribution is 6.05. The Morgan fingerprint density at radius 3 is 2.71 bits per heavy atom. The molecule has 0 N–H and O–H groups in total. The fraction of sp³-hybridized carbons (Fsp3) is 0.450. The Morgan fingerprint density at radius 2 is 2.00 bits per heavy atom. The molecule has 7 nitrogen and oxygen atoms in total. The summed E-state index contributed by atoms with van der Waals surface area (Å²) in [5, 5.41) is 0. The molecule has 1 saturated heterocycles. The van der Waals surface area contributed by atoms with Crippen LogP contribution >= 0.6 is 0 Å². The van der Waals surface area contributed by atoms with Crippen molar-refractivity contribution in [3.8, 4) is 0 Å². The number of rotatable bonds is 3. The second-order valence-corrected chi connectivity index (χ2v) is 7.05. The van der Waals surface area contributed by atoms with Gasteiger partial charge in [0.2, 0.25) is 0 Å². The Bertz CT molecular complexity index is 909. The average molecular weight is 386 g/mol. The Kier molecular flexibility index (Phi) is 4.89. The standard InChI is InChI=1S/C20H23FN4O3/c1-3-23-8-9-25-13(2)22-17(18(25)20(23)27)19(26)24-10-11-28-16(12-24)14-4-6-15(21)7-5-14/h4-7,16H,3,8-12H2,1-2H3/t16-/m1/s1. The van der Waals surface area contributed by atoms with Gasteiger partial charge in [-0.3, -0.25) is 9.59 Å². The van der Waals surface area contributed by atoms with Gasteiger partial charge in [0.05, 0.1) is 13.2 Å². The second-order valence-electron chi connectivity index (χ2n) is 7.05. The summed E-state index contributed by atoms with van der Waals surface area (Å²) in [6, 6.07) is 6.09. The lowest BCUT2D eigenvalue weighted by molar-refractivity contribution is -0.0230. The Morgan fingerprint density at radius 1 is 1.25 bits per heavy atom. The van der Waals surface area contributed by atoms with Crippen molar-refractivity contribution in [1.82, 2.24) is 19.4 Å². The Labute approximate surface area is 162 Å². The number of morpholine rings is 1. The number of carbonyl (C=O) groups is 2. The van der Waals surface area contributed by atoms with E-state index in [-0.39, 0.29) is 29.4 Å². The monoisotopic (exact) mass is 386 g/mol. The van der Waals surface area contributed by atoms with Gasteiger partial charge in [0.1, 0.15) is 23.4 Å². The number of hydrogen-bond acceptors (Lipinski definition) is 4. The molecule has 0 unspecified atom stereocenters. The lowest BCUT2D eigenvalue weighted by atomic mass is 10.1. The first-order valence-electron chi connectivity index (χ1n) is 9.52. The molecule has 4 rings (SSSR count). The molecule has 2 aliphatic rings. The normalized spacial score (nSPS) is 19.7. The lowest BCUT2D eigenvalue weighted by Gasteiger charge is -2.33. The van der Waals surface area contributed by atoms with Crippen molar-refractivity contribution in [2.45, 2.75) is 26.5 Å². The summed E-state index contributed by atoms with van der Waals surface area (Å²) in [5.74, 6) is -0.0583. The fourth-order valence-corrected chi connectivity index (χ4v) is 3.84. The summed E-state index contributed by atoms with van der Waals surface area (Å²) < 4.78 is 20.8. The van der Waals surface area contributed by atoms with Crippen molar-refractivity contribution in [2.24, 2.45) is 0 Å².